The highest BCUT2D eigenvalue weighted by atomic mass is 35.5. The summed E-state index contributed by atoms with van der Waals surface area (Å²) in [5.74, 6) is 1.00. The quantitative estimate of drug-likeness (QED) is 0.725. The van der Waals surface area contributed by atoms with Gasteiger partial charge in [0.25, 0.3) is 0 Å². The maximum Gasteiger partial charge on any atom is 0.142 e. The number of anilines is 1. The lowest BCUT2D eigenvalue weighted by molar-refractivity contribution is 0.340. The Morgan fingerprint density at radius 1 is 1.08 bits per heavy atom. The predicted molar refractivity (Wildman–Crippen MR) is 100 cm³/mol. The summed E-state index contributed by atoms with van der Waals surface area (Å²) in [6, 6.07) is 18.9. The Kier molecular flexibility index (Phi) is 4.87. The molecule has 124 valence electrons. The molecule has 0 spiro atoms. The molecule has 3 aromatic rings. The zero-order valence-corrected chi connectivity index (χ0v) is 14.4. The van der Waals surface area contributed by atoms with Crippen molar-refractivity contribution in [2.24, 2.45) is 0 Å². The van der Waals surface area contributed by atoms with Crippen LogP contribution in [0.3, 0.4) is 0 Å². The van der Waals surface area contributed by atoms with E-state index in [0.717, 1.165) is 22.4 Å². The van der Waals surface area contributed by atoms with E-state index in [1.807, 2.05) is 49.4 Å². The molecule has 0 radical (unpaired) electrons. The van der Waals surface area contributed by atoms with Crippen molar-refractivity contribution in [3.05, 3.63) is 65.2 Å². The molecule has 0 amide bonds. The van der Waals surface area contributed by atoms with Crippen LogP contribution < -0.4 is 10.5 Å². The van der Waals surface area contributed by atoms with Crippen LogP contribution in [0.4, 0.5) is 5.82 Å². The van der Waals surface area contributed by atoms with Crippen LogP contribution in [0.15, 0.2) is 54.6 Å². The number of hydrogen-bond acceptors (Lipinski definition) is 4. The van der Waals surface area contributed by atoms with Gasteiger partial charge in [0.15, 0.2) is 0 Å². The Labute approximate surface area is 151 Å². The van der Waals surface area contributed by atoms with Crippen LogP contribution in [0.5, 0.6) is 5.75 Å². The predicted octanol–water partition coefficient (Wildman–Crippen LogP) is 4.92. The molecule has 1 aromatic heterocycles. The molecule has 0 atom stereocenters. The Bertz CT molecular complexity index is 929. The lowest BCUT2D eigenvalue weighted by atomic mass is 9.98. The highest BCUT2D eigenvalue weighted by molar-refractivity contribution is 6.30. The van der Waals surface area contributed by atoms with Gasteiger partial charge in [0, 0.05) is 16.1 Å². The van der Waals surface area contributed by atoms with Crippen LogP contribution in [0, 0.1) is 11.3 Å². The van der Waals surface area contributed by atoms with Crippen molar-refractivity contribution in [3.63, 3.8) is 0 Å². The smallest absolute Gasteiger partial charge is 0.142 e. The fourth-order valence-electron chi connectivity index (χ4n) is 2.58. The number of rotatable bonds is 4. The Morgan fingerprint density at radius 2 is 1.72 bits per heavy atom. The van der Waals surface area contributed by atoms with Gasteiger partial charge in [-0.05, 0) is 55.0 Å². The number of pyridine rings is 1. The minimum absolute atomic E-state index is 0.207. The molecule has 5 heteroatoms. The molecule has 3 rings (SSSR count). The van der Waals surface area contributed by atoms with Gasteiger partial charge in [-0.3, -0.25) is 0 Å². The van der Waals surface area contributed by atoms with Gasteiger partial charge < -0.3 is 10.5 Å². The molecule has 0 aliphatic heterocycles. The third-order valence-corrected chi connectivity index (χ3v) is 4.03. The van der Waals surface area contributed by atoms with Crippen LogP contribution in [-0.4, -0.2) is 11.6 Å². The van der Waals surface area contributed by atoms with Crippen LogP contribution in [0.1, 0.15) is 12.5 Å². The number of aromatic nitrogens is 1. The van der Waals surface area contributed by atoms with Crippen molar-refractivity contribution >= 4 is 17.4 Å². The lowest BCUT2D eigenvalue weighted by Crippen LogP contribution is -2.00. The second kappa shape index (κ2) is 7.25. The first-order valence-electron chi connectivity index (χ1n) is 7.82. The van der Waals surface area contributed by atoms with Gasteiger partial charge >= 0.3 is 0 Å². The van der Waals surface area contributed by atoms with Gasteiger partial charge in [-0.1, -0.05) is 23.7 Å². The number of nitrogens with zero attached hydrogens (tertiary/aromatic N) is 2. The zero-order valence-electron chi connectivity index (χ0n) is 13.7. The van der Waals surface area contributed by atoms with Crippen molar-refractivity contribution in [2.75, 3.05) is 12.3 Å². The minimum Gasteiger partial charge on any atom is -0.494 e. The molecular weight excluding hydrogens is 334 g/mol. The van der Waals surface area contributed by atoms with Gasteiger partial charge in [0.2, 0.25) is 0 Å². The van der Waals surface area contributed by atoms with Gasteiger partial charge in [-0.15, -0.1) is 0 Å². The summed E-state index contributed by atoms with van der Waals surface area (Å²) >= 11 is 5.96. The van der Waals surface area contributed by atoms with E-state index in [1.165, 1.54) is 0 Å². The Morgan fingerprint density at radius 3 is 2.32 bits per heavy atom. The summed E-state index contributed by atoms with van der Waals surface area (Å²) in [5, 5.41) is 10.1. The molecule has 0 saturated carbocycles. The standard InChI is InChI=1S/C20H16ClN3O/c1-2-25-16-9-5-14(6-10-16)19-11-17(18(12-22)20(23)24-19)13-3-7-15(21)8-4-13/h3-11H,2H2,1H3,(H2,23,24). The molecule has 25 heavy (non-hydrogen) atoms. The van der Waals surface area contributed by atoms with E-state index in [9.17, 15) is 5.26 Å². The monoisotopic (exact) mass is 349 g/mol. The summed E-state index contributed by atoms with van der Waals surface area (Å²) in [6.07, 6.45) is 0. The molecule has 0 unspecified atom stereocenters. The van der Waals surface area contributed by atoms with Gasteiger partial charge in [-0.25, -0.2) is 4.98 Å². The molecule has 0 aliphatic carbocycles. The van der Waals surface area contributed by atoms with Crippen molar-refractivity contribution < 1.29 is 4.74 Å². The first kappa shape index (κ1) is 16.8. The number of nitrogen functional groups attached to an aromatic ring is 1. The van der Waals surface area contributed by atoms with E-state index in [4.69, 9.17) is 22.1 Å². The van der Waals surface area contributed by atoms with Crippen LogP contribution >= 0.6 is 11.6 Å². The first-order chi connectivity index (χ1) is 12.1. The summed E-state index contributed by atoms with van der Waals surface area (Å²) < 4.78 is 5.46. The summed E-state index contributed by atoms with van der Waals surface area (Å²) in [5.41, 5.74) is 9.58. The molecular formula is C20H16ClN3O. The molecule has 1 heterocycles. The van der Waals surface area contributed by atoms with Crippen LogP contribution in [0.25, 0.3) is 22.4 Å². The lowest BCUT2D eigenvalue weighted by Gasteiger charge is -2.11. The number of halogens is 1. The summed E-state index contributed by atoms with van der Waals surface area (Å²) in [7, 11) is 0. The summed E-state index contributed by atoms with van der Waals surface area (Å²) in [4.78, 5) is 4.38. The molecule has 0 saturated heterocycles. The van der Waals surface area contributed by atoms with E-state index in [0.29, 0.717) is 22.9 Å². The van der Waals surface area contributed by atoms with Crippen LogP contribution in [-0.2, 0) is 0 Å². The molecule has 0 aliphatic rings. The third kappa shape index (κ3) is 3.57. The van der Waals surface area contributed by atoms with E-state index in [-0.39, 0.29) is 5.82 Å². The molecule has 0 fully saturated rings. The number of nitriles is 1. The topological polar surface area (TPSA) is 71.9 Å². The average Bonchev–Trinajstić information content (AvgIpc) is 2.62. The fourth-order valence-corrected chi connectivity index (χ4v) is 2.70. The SMILES string of the molecule is CCOc1ccc(-c2cc(-c3ccc(Cl)cc3)c(C#N)c(N)n2)cc1. The highest BCUT2D eigenvalue weighted by Crippen LogP contribution is 2.32. The van der Waals surface area contributed by atoms with Gasteiger partial charge in [0.1, 0.15) is 23.2 Å². The largest absolute Gasteiger partial charge is 0.494 e. The zero-order chi connectivity index (χ0) is 17.8. The number of hydrogen-bond donors (Lipinski definition) is 1. The molecule has 2 N–H and O–H groups in total. The Balaban J connectivity index is 2.10. The molecule has 0 bridgehead atoms. The molecule has 4 nitrogen and oxygen atoms in total. The molecule has 2 aromatic carbocycles. The highest BCUT2D eigenvalue weighted by Gasteiger charge is 2.13. The van der Waals surface area contributed by atoms with Gasteiger partial charge in [0.05, 0.1) is 12.3 Å². The van der Waals surface area contributed by atoms with Gasteiger partial charge in [-0.2, -0.15) is 5.26 Å². The van der Waals surface area contributed by atoms with Crippen molar-refractivity contribution in [3.8, 4) is 34.2 Å². The van der Waals surface area contributed by atoms with Crippen molar-refractivity contribution in [1.29, 1.82) is 5.26 Å². The van der Waals surface area contributed by atoms with E-state index >= 15 is 0 Å². The number of nitrogens with two attached hydrogens (primary N) is 1. The second-order valence-corrected chi connectivity index (χ2v) is 5.83. The first-order valence-corrected chi connectivity index (χ1v) is 8.20. The Hall–Kier alpha value is -3.03. The average molecular weight is 350 g/mol. The van der Waals surface area contributed by atoms with E-state index < -0.39 is 0 Å². The van der Waals surface area contributed by atoms with Crippen molar-refractivity contribution in [2.45, 2.75) is 6.92 Å². The number of ether oxygens (including phenoxy) is 1. The maximum absolute atomic E-state index is 9.46. The van der Waals surface area contributed by atoms with E-state index in [2.05, 4.69) is 11.1 Å². The second-order valence-electron chi connectivity index (χ2n) is 5.39. The van der Waals surface area contributed by atoms with Crippen molar-refractivity contribution in [1.82, 2.24) is 4.98 Å². The maximum atomic E-state index is 9.46. The minimum atomic E-state index is 0.207. The third-order valence-electron chi connectivity index (χ3n) is 3.78. The number of benzene rings is 2. The van der Waals surface area contributed by atoms with E-state index in [1.54, 1.807) is 12.1 Å². The summed E-state index contributed by atoms with van der Waals surface area (Å²) in [6.45, 7) is 2.55. The normalized spacial score (nSPS) is 10.3. The fraction of sp³-hybridized carbons (Fsp3) is 0.100. The van der Waals surface area contributed by atoms with Crippen LogP contribution in [0.2, 0.25) is 5.02 Å².